The third-order valence-corrected chi connectivity index (χ3v) is 4.79. The van der Waals surface area contributed by atoms with Crippen LogP contribution in [0.1, 0.15) is 26.7 Å². The molecular weight excluding hydrogens is 346 g/mol. The fourth-order valence-corrected chi connectivity index (χ4v) is 3.78. The molecule has 24 heavy (non-hydrogen) atoms. The standard InChI is InChI=1S/C16H21N3O3S2/c1-11(2)23-16-19-18-15(24-16)17-14(20)5-4-10-22-13-8-6-12(21-3)7-9-13/h6-9,11H,4-5,10H2,1-3H3,(H,17,18,20). The minimum Gasteiger partial charge on any atom is -0.497 e. The SMILES string of the molecule is COc1ccc(OCCCC(=O)Nc2nnc(SC(C)C)s2)cc1. The molecule has 0 saturated carbocycles. The van der Waals surface area contributed by atoms with Gasteiger partial charge in [0.25, 0.3) is 0 Å². The maximum Gasteiger partial charge on any atom is 0.226 e. The Bertz CT molecular complexity index is 644. The Hall–Kier alpha value is -1.80. The van der Waals surface area contributed by atoms with Crippen LogP contribution in [0.2, 0.25) is 0 Å². The number of hydrogen-bond acceptors (Lipinski definition) is 7. The Morgan fingerprint density at radius 3 is 2.62 bits per heavy atom. The monoisotopic (exact) mass is 367 g/mol. The van der Waals surface area contributed by atoms with Gasteiger partial charge in [-0.25, -0.2) is 0 Å². The van der Waals surface area contributed by atoms with Gasteiger partial charge in [0.05, 0.1) is 13.7 Å². The summed E-state index contributed by atoms with van der Waals surface area (Å²) in [5, 5.41) is 11.8. The van der Waals surface area contributed by atoms with Gasteiger partial charge in [0.1, 0.15) is 11.5 Å². The second-order valence-corrected chi connectivity index (χ2v) is 8.02. The third-order valence-electron chi connectivity index (χ3n) is 2.87. The minimum absolute atomic E-state index is 0.0782. The summed E-state index contributed by atoms with van der Waals surface area (Å²) in [6, 6.07) is 7.36. The molecule has 130 valence electrons. The highest BCUT2D eigenvalue weighted by Gasteiger charge is 2.09. The van der Waals surface area contributed by atoms with Gasteiger partial charge in [-0.1, -0.05) is 36.9 Å². The maximum absolute atomic E-state index is 11.9. The molecule has 1 amide bonds. The van der Waals surface area contributed by atoms with Crippen molar-refractivity contribution >= 4 is 34.1 Å². The Balaban J connectivity index is 1.66. The molecule has 0 aliphatic heterocycles. The number of anilines is 1. The minimum atomic E-state index is -0.0782. The first-order chi connectivity index (χ1) is 11.6. The van der Waals surface area contributed by atoms with E-state index in [1.54, 1.807) is 18.9 Å². The molecule has 2 aromatic rings. The van der Waals surface area contributed by atoms with Gasteiger partial charge in [0.15, 0.2) is 4.34 Å². The van der Waals surface area contributed by atoms with E-state index >= 15 is 0 Å². The predicted octanol–water partition coefficient (Wildman–Crippen LogP) is 3.84. The molecule has 0 spiro atoms. The number of nitrogens with zero attached hydrogens (tertiary/aromatic N) is 2. The lowest BCUT2D eigenvalue weighted by molar-refractivity contribution is -0.116. The predicted molar refractivity (Wildman–Crippen MR) is 97.3 cm³/mol. The number of thioether (sulfide) groups is 1. The first-order valence-electron chi connectivity index (χ1n) is 7.63. The smallest absolute Gasteiger partial charge is 0.226 e. The number of methoxy groups -OCH3 is 1. The Labute approximate surface area is 150 Å². The molecule has 8 heteroatoms. The Morgan fingerprint density at radius 2 is 1.96 bits per heavy atom. The normalized spacial score (nSPS) is 10.7. The number of nitrogens with one attached hydrogen (secondary N) is 1. The van der Waals surface area contributed by atoms with Gasteiger partial charge in [-0.2, -0.15) is 0 Å². The lowest BCUT2D eigenvalue weighted by Crippen LogP contribution is -2.12. The van der Waals surface area contributed by atoms with Gasteiger partial charge >= 0.3 is 0 Å². The largest absolute Gasteiger partial charge is 0.497 e. The average molecular weight is 367 g/mol. The van der Waals surface area contributed by atoms with Crippen molar-refractivity contribution in [2.75, 3.05) is 19.0 Å². The van der Waals surface area contributed by atoms with Crippen molar-refractivity contribution in [3.05, 3.63) is 24.3 Å². The zero-order valence-corrected chi connectivity index (χ0v) is 15.6. The number of aromatic nitrogens is 2. The summed E-state index contributed by atoms with van der Waals surface area (Å²) in [6.07, 6.45) is 1.01. The van der Waals surface area contributed by atoms with Crippen LogP contribution < -0.4 is 14.8 Å². The summed E-state index contributed by atoms with van der Waals surface area (Å²) in [5.41, 5.74) is 0. The van der Waals surface area contributed by atoms with Crippen LogP contribution in [0, 0.1) is 0 Å². The molecule has 0 bridgehead atoms. The van der Waals surface area contributed by atoms with Crippen molar-refractivity contribution in [2.45, 2.75) is 36.3 Å². The van der Waals surface area contributed by atoms with Gasteiger partial charge in [0.2, 0.25) is 11.0 Å². The molecule has 0 aliphatic carbocycles. The molecule has 1 heterocycles. The number of hydrogen-bond donors (Lipinski definition) is 1. The summed E-state index contributed by atoms with van der Waals surface area (Å²) in [6.45, 7) is 4.66. The first-order valence-corrected chi connectivity index (χ1v) is 9.33. The molecule has 1 aromatic heterocycles. The van der Waals surface area contributed by atoms with Crippen molar-refractivity contribution in [1.29, 1.82) is 0 Å². The lowest BCUT2D eigenvalue weighted by atomic mass is 10.3. The average Bonchev–Trinajstić information content (AvgIpc) is 2.98. The summed E-state index contributed by atoms with van der Waals surface area (Å²) in [4.78, 5) is 11.9. The van der Waals surface area contributed by atoms with Crippen LogP contribution >= 0.6 is 23.1 Å². The zero-order chi connectivity index (χ0) is 17.4. The molecule has 0 saturated heterocycles. The van der Waals surface area contributed by atoms with Gasteiger partial charge in [-0.15, -0.1) is 10.2 Å². The summed E-state index contributed by atoms with van der Waals surface area (Å²) in [5.74, 6) is 1.47. The number of carbonyl (C=O) groups excluding carboxylic acids is 1. The van der Waals surface area contributed by atoms with E-state index in [2.05, 4.69) is 29.4 Å². The fourth-order valence-electron chi connectivity index (χ4n) is 1.79. The number of benzene rings is 1. The quantitative estimate of drug-likeness (QED) is 0.412. The summed E-state index contributed by atoms with van der Waals surface area (Å²) < 4.78 is 11.5. The first kappa shape index (κ1) is 18.5. The molecule has 0 unspecified atom stereocenters. The molecule has 0 aliphatic rings. The second kappa shape index (κ2) is 9.48. The van der Waals surface area contributed by atoms with Crippen LogP contribution in [-0.4, -0.2) is 35.1 Å². The zero-order valence-electron chi connectivity index (χ0n) is 13.9. The van der Waals surface area contributed by atoms with Crippen molar-refractivity contribution in [2.24, 2.45) is 0 Å². The lowest BCUT2D eigenvalue weighted by Gasteiger charge is -2.06. The summed E-state index contributed by atoms with van der Waals surface area (Å²) >= 11 is 3.03. The van der Waals surface area contributed by atoms with Crippen LogP contribution in [-0.2, 0) is 4.79 Å². The van der Waals surface area contributed by atoms with E-state index in [0.29, 0.717) is 29.8 Å². The molecule has 0 radical (unpaired) electrons. The molecule has 1 N–H and O–H groups in total. The number of rotatable bonds is 9. The van der Waals surface area contributed by atoms with Gasteiger partial charge in [-0.3, -0.25) is 4.79 Å². The Morgan fingerprint density at radius 1 is 1.25 bits per heavy atom. The van der Waals surface area contributed by atoms with Crippen molar-refractivity contribution in [3.63, 3.8) is 0 Å². The molecule has 6 nitrogen and oxygen atoms in total. The number of carbonyl (C=O) groups is 1. The van der Waals surface area contributed by atoms with Gasteiger partial charge in [-0.05, 0) is 30.7 Å². The Kier molecular flexibility index (Phi) is 7.33. The second-order valence-electron chi connectivity index (χ2n) is 5.22. The van der Waals surface area contributed by atoms with Gasteiger partial charge in [0, 0.05) is 11.7 Å². The van der Waals surface area contributed by atoms with Crippen LogP contribution in [0.3, 0.4) is 0 Å². The van der Waals surface area contributed by atoms with E-state index < -0.39 is 0 Å². The van der Waals surface area contributed by atoms with Gasteiger partial charge < -0.3 is 14.8 Å². The molecule has 1 aromatic carbocycles. The van der Waals surface area contributed by atoms with Crippen molar-refractivity contribution in [1.82, 2.24) is 10.2 Å². The van der Waals surface area contributed by atoms with E-state index in [-0.39, 0.29) is 5.91 Å². The fraction of sp³-hybridized carbons (Fsp3) is 0.438. The van der Waals surface area contributed by atoms with Crippen LogP contribution in [0.15, 0.2) is 28.6 Å². The highest BCUT2D eigenvalue weighted by molar-refractivity contribution is 8.01. The molecular formula is C16H21N3O3S2. The van der Waals surface area contributed by atoms with Crippen LogP contribution in [0.4, 0.5) is 5.13 Å². The van der Waals surface area contributed by atoms with E-state index in [0.717, 1.165) is 15.8 Å². The highest BCUT2D eigenvalue weighted by Crippen LogP contribution is 2.28. The molecule has 0 fully saturated rings. The van der Waals surface area contributed by atoms with Crippen LogP contribution in [0.25, 0.3) is 0 Å². The van der Waals surface area contributed by atoms with E-state index in [4.69, 9.17) is 9.47 Å². The van der Waals surface area contributed by atoms with Crippen molar-refractivity contribution in [3.8, 4) is 11.5 Å². The number of ether oxygens (including phenoxy) is 2. The van der Waals surface area contributed by atoms with Crippen molar-refractivity contribution < 1.29 is 14.3 Å². The van der Waals surface area contributed by atoms with E-state index in [1.807, 2.05) is 24.3 Å². The highest BCUT2D eigenvalue weighted by atomic mass is 32.2. The van der Waals surface area contributed by atoms with Crippen LogP contribution in [0.5, 0.6) is 11.5 Å². The van der Waals surface area contributed by atoms with E-state index in [1.165, 1.54) is 11.3 Å². The van der Waals surface area contributed by atoms with E-state index in [9.17, 15) is 4.79 Å². The summed E-state index contributed by atoms with van der Waals surface area (Å²) in [7, 11) is 1.62. The third kappa shape index (κ3) is 6.37. The molecule has 2 rings (SSSR count). The number of amides is 1. The molecule has 0 atom stereocenters. The maximum atomic E-state index is 11.9. The topological polar surface area (TPSA) is 73.3 Å².